The molecule has 0 amide bonds. The van der Waals surface area contributed by atoms with Gasteiger partial charge in [0.05, 0.1) is 0 Å². The third kappa shape index (κ3) is 3.43. The van der Waals surface area contributed by atoms with Gasteiger partial charge in [-0.1, -0.05) is 18.9 Å². The third-order valence-corrected chi connectivity index (χ3v) is 3.73. The molecule has 1 atom stereocenters. The molecule has 0 aliphatic heterocycles. The van der Waals surface area contributed by atoms with E-state index in [1.807, 2.05) is 11.3 Å². The minimum Gasteiger partial charge on any atom is -0.314 e. The van der Waals surface area contributed by atoms with Crippen LogP contribution in [0, 0.1) is 5.92 Å². The third-order valence-electron chi connectivity index (χ3n) is 2.83. The second kappa shape index (κ2) is 4.94. The van der Waals surface area contributed by atoms with Crippen LogP contribution in [0.15, 0.2) is 17.5 Å². The van der Waals surface area contributed by atoms with Gasteiger partial charge in [-0.15, -0.1) is 11.3 Å². The topological polar surface area (TPSA) is 12.0 Å². The Labute approximate surface area is 90.5 Å². The SMILES string of the molecule is CC(Cc1cccs1)NCCC1CC1. The van der Waals surface area contributed by atoms with Crippen molar-refractivity contribution >= 4 is 11.3 Å². The van der Waals surface area contributed by atoms with Gasteiger partial charge in [-0.3, -0.25) is 0 Å². The molecule has 14 heavy (non-hydrogen) atoms. The molecule has 1 aromatic rings. The summed E-state index contributed by atoms with van der Waals surface area (Å²) in [4.78, 5) is 1.50. The van der Waals surface area contributed by atoms with Gasteiger partial charge in [0.2, 0.25) is 0 Å². The van der Waals surface area contributed by atoms with Crippen molar-refractivity contribution in [1.29, 1.82) is 0 Å². The molecular formula is C12H19NS. The summed E-state index contributed by atoms with van der Waals surface area (Å²) in [7, 11) is 0. The fraction of sp³-hybridized carbons (Fsp3) is 0.667. The summed E-state index contributed by atoms with van der Waals surface area (Å²) >= 11 is 1.86. The van der Waals surface area contributed by atoms with Crippen LogP contribution in [-0.4, -0.2) is 12.6 Å². The molecule has 1 aromatic heterocycles. The molecule has 0 radical (unpaired) electrons. The molecule has 1 unspecified atom stereocenters. The highest BCUT2D eigenvalue weighted by molar-refractivity contribution is 7.09. The Morgan fingerprint density at radius 2 is 2.43 bits per heavy atom. The van der Waals surface area contributed by atoms with Crippen LogP contribution < -0.4 is 5.32 Å². The summed E-state index contributed by atoms with van der Waals surface area (Å²) in [5.41, 5.74) is 0. The lowest BCUT2D eigenvalue weighted by molar-refractivity contribution is 0.522. The number of thiophene rings is 1. The largest absolute Gasteiger partial charge is 0.314 e. The van der Waals surface area contributed by atoms with Crippen molar-refractivity contribution in [2.45, 2.75) is 38.6 Å². The first-order valence-electron chi connectivity index (χ1n) is 5.60. The van der Waals surface area contributed by atoms with Crippen LogP contribution >= 0.6 is 11.3 Å². The van der Waals surface area contributed by atoms with Crippen LogP contribution in [0.1, 0.15) is 31.1 Å². The smallest absolute Gasteiger partial charge is 0.00870 e. The molecule has 1 saturated carbocycles. The Morgan fingerprint density at radius 3 is 3.07 bits per heavy atom. The van der Waals surface area contributed by atoms with E-state index in [4.69, 9.17) is 0 Å². The van der Waals surface area contributed by atoms with Crippen molar-refractivity contribution in [3.63, 3.8) is 0 Å². The quantitative estimate of drug-likeness (QED) is 0.759. The lowest BCUT2D eigenvalue weighted by Crippen LogP contribution is -2.28. The molecule has 78 valence electrons. The highest BCUT2D eigenvalue weighted by Gasteiger charge is 2.20. The van der Waals surface area contributed by atoms with Gasteiger partial charge < -0.3 is 5.32 Å². The summed E-state index contributed by atoms with van der Waals surface area (Å²) in [6, 6.07) is 4.99. The first-order chi connectivity index (χ1) is 6.84. The Balaban J connectivity index is 1.60. The van der Waals surface area contributed by atoms with Gasteiger partial charge in [0, 0.05) is 10.9 Å². The van der Waals surface area contributed by atoms with Crippen LogP contribution in [0.25, 0.3) is 0 Å². The van der Waals surface area contributed by atoms with Crippen LogP contribution in [0.2, 0.25) is 0 Å². The Morgan fingerprint density at radius 1 is 1.57 bits per heavy atom. The number of hydrogen-bond acceptors (Lipinski definition) is 2. The zero-order valence-corrected chi connectivity index (χ0v) is 9.65. The maximum absolute atomic E-state index is 3.60. The minimum absolute atomic E-state index is 0.632. The predicted molar refractivity (Wildman–Crippen MR) is 62.8 cm³/mol. The van der Waals surface area contributed by atoms with Crippen molar-refractivity contribution < 1.29 is 0 Å². The average Bonchev–Trinajstić information content (AvgIpc) is 2.83. The normalized spacial score (nSPS) is 18.4. The number of rotatable bonds is 6. The number of hydrogen-bond donors (Lipinski definition) is 1. The molecule has 1 aliphatic carbocycles. The van der Waals surface area contributed by atoms with Gasteiger partial charge in [0.25, 0.3) is 0 Å². The molecule has 1 N–H and O–H groups in total. The molecule has 1 aliphatic rings. The van der Waals surface area contributed by atoms with Crippen molar-refractivity contribution in [1.82, 2.24) is 5.32 Å². The fourth-order valence-corrected chi connectivity index (χ4v) is 2.58. The predicted octanol–water partition coefficient (Wildman–Crippen LogP) is 3.07. The first-order valence-corrected chi connectivity index (χ1v) is 6.48. The molecule has 2 rings (SSSR count). The van der Waals surface area contributed by atoms with Crippen LogP contribution in [0.4, 0.5) is 0 Å². The zero-order chi connectivity index (χ0) is 9.80. The van der Waals surface area contributed by atoms with Crippen molar-refractivity contribution in [2.75, 3.05) is 6.54 Å². The second-order valence-electron chi connectivity index (χ2n) is 4.37. The van der Waals surface area contributed by atoms with E-state index in [9.17, 15) is 0 Å². The maximum Gasteiger partial charge on any atom is 0.00870 e. The van der Waals surface area contributed by atoms with E-state index in [-0.39, 0.29) is 0 Å². The lowest BCUT2D eigenvalue weighted by atomic mass is 10.2. The molecular weight excluding hydrogens is 190 g/mol. The van der Waals surface area contributed by atoms with Crippen LogP contribution in [0.3, 0.4) is 0 Å². The molecule has 1 heterocycles. The van der Waals surface area contributed by atoms with E-state index in [0.29, 0.717) is 6.04 Å². The second-order valence-corrected chi connectivity index (χ2v) is 5.40. The summed E-state index contributed by atoms with van der Waals surface area (Å²) < 4.78 is 0. The average molecular weight is 209 g/mol. The Hall–Kier alpha value is -0.340. The monoisotopic (exact) mass is 209 g/mol. The van der Waals surface area contributed by atoms with Crippen molar-refractivity contribution in [3.8, 4) is 0 Å². The molecule has 0 bridgehead atoms. The van der Waals surface area contributed by atoms with Gasteiger partial charge in [-0.05, 0) is 43.7 Å². The van der Waals surface area contributed by atoms with Crippen LogP contribution in [0.5, 0.6) is 0 Å². The van der Waals surface area contributed by atoms with Gasteiger partial charge in [0.15, 0.2) is 0 Å². The highest BCUT2D eigenvalue weighted by atomic mass is 32.1. The van der Waals surface area contributed by atoms with E-state index in [1.165, 1.54) is 37.1 Å². The van der Waals surface area contributed by atoms with Gasteiger partial charge >= 0.3 is 0 Å². The molecule has 1 fully saturated rings. The van der Waals surface area contributed by atoms with Crippen molar-refractivity contribution in [3.05, 3.63) is 22.4 Å². The van der Waals surface area contributed by atoms with E-state index < -0.39 is 0 Å². The van der Waals surface area contributed by atoms with E-state index in [2.05, 4.69) is 29.8 Å². The molecule has 0 aromatic carbocycles. The standard InChI is InChI=1S/C12H19NS/c1-10(9-12-3-2-8-14-12)13-7-6-11-4-5-11/h2-3,8,10-11,13H,4-7,9H2,1H3. The maximum atomic E-state index is 3.60. The van der Waals surface area contributed by atoms with Gasteiger partial charge in [-0.2, -0.15) is 0 Å². The summed E-state index contributed by atoms with van der Waals surface area (Å²) in [6.45, 7) is 3.49. The summed E-state index contributed by atoms with van der Waals surface area (Å²) in [6.07, 6.45) is 5.51. The summed E-state index contributed by atoms with van der Waals surface area (Å²) in [5.74, 6) is 1.05. The molecule has 0 spiro atoms. The van der Waals surface area contributed by atoms with Crippen LogP contribution in [-0.2, 0) is 6.42 Å². The number of nitrogens with one attached hydrogen (secondary N) is 1. The van der Waals surface area contributed by atoms with Gasteiger partial charge in [-0.25, -0.2) is 0 Å². The Bertz CT molecular complexity index is 251. The molecule has 2 heteroatoms. The van der Waals surface area contributed by atoms with Crippen molar-refractivity contribution in [2.24, 2.45) is 5.92 Å². The van der Waals surface area contributed by atoms with Gasteiger partial charge in [0.1, 0.15) is 0 Å². The zero-order valence-electron chi connectivity index (χ0n) is 8.83. The first kappa shape index (κ1) is 10.2. The fourth-order valence-electron chi connectivity index (χ4n) is 1.74. The summed E-state index contributed by atoms with van der Waals surface area (Å²) in [5, 5.41) is 5.76. The van der Waals surface area contributed by atoms with E-state index >= 15 is 0 Å². The minimum atomic E-state index is 0.632. The van der Waals surface area contributed by atoms with E-state index in [1.54, 1.807) is 0 Å². The Kier molecular flexibility index (Phi) is 3.60. The van der Waals surface area contributed by atoms with E-state index in [0.717, 1.165) is 5.92 Å². The highest BCUT2D eigenvalue weighted by Crippen LogP contribution is 2.31. The molecule has 1 nitrogen and oxygen atoms in total. The lowest BCUT2D eigenvalue weighted by Gasteiger charge is -2.12. The molecule has 0 saturated heterocycles.